The molecule has 0 bridgehead atoms. The zero-order chi connectivity index (χ0) is 18.6. The van der Waals surface area contributed by atoms with Gasteiger partial charge in [-0.25, -0.2) is 0 Å². The van der Waals surface area contributed by atoms with Gasteiger partial charge in [0.25, 0.3) is 0 Å². The third-order valence-electron chi connectivity index (χ3n) is 5.76. The number of anilines is 1. The smallest absolute Gasteiger partial charge is 0.162 e. The van der Waals surface area contributed by atoms with E-state index in [1.165, 1.54) is 21.9 Å². The molecule has 5 rings (SSSR count). The van der Waals surface area contributed by atoms with Crippen LogP contribution in [0.5, 0.6) is 0 Å². The van der Waals surface area contributed by atoms with Gasteiger partial charge >= 0.3 is 0 Å². The number of aromatic nitrogens is 1. The van der Waals surface area contributed by atoms with Crippen LogP contribution in [0, 0.1) is 5.41 Å². The Bertz CT molecular complexity index is 1100. The summed E-state index contributed by atoms with van der Waals surface area (Å²) in [6.07, 6.45) is 5.13. The Balaban J connectivity index is 1.82. The minimum Gasteiger partial charge on any atom is -0.373 e. The van der Waals surface area contributed by atoms with Gasteiger partial charge in [-0.3, -0.25) is 9.78 Å². The molecule has 1 aliphatic heterocycles. The van der Waals surface area contributed by atoms with Crippen molar-refractivity contribution in [2.75, 3.05) is 5.32 Å². The molecule has 1 atom stereocenters. The Kier molecular flexibility index (Phi) is 3.48. The maximum absolute atomic E-state index is 13.3. The number of pyridine rings is 1. The van der Waals surface area contributed by atoms with E-state index in [1.54, 1.807) is 6.20 Å². The van der Waals surface area contributed by atoms with E-state index in [9.17, 15) is 4.79 Å². The third-order valence-corrected chi connectivity index (χ3v) is 5.76. The summed E-state index contributed by atoms with van der Waals surface area (Å²) in [5.41, 5.74) is 5.44. The maximum Gasteiger partial charge on any atom is 0.162 e. The van der Waals surface area contributed by atoms with Crippen LogP contribution in [0.25, 0.3) is 16.3 Å². The number of fused-ring (bicyclic) bond motifs is 4. The lowest BCUT2D eigenvalue weighted by Gasteiger charge is -2.40. The molecule has 3 heteroatoms. The molecule has 0 saturated heterocycles. The monoisotopic (exact) mass is 354 g/mol. The lowest BCUT2D eigenvalue weighted by atomic mass is 9.68. The molecule has 0 spiro atoms. The van der Waals surface area contributed by atoms with Gasteiger partial charge in [0.05, 0.1) is 6.04 Å². The Morgan fingerprint density at radius 3 is 2.70 bits per heavy atom. The van der Waals surface area contributed by atoms with Crippen LogP contribution in [-0.4, -0.2) is 10.8 Å². The van der Waals surface area contributed by atoms with E-state index >= 15 is 0 Å². The summed E-state index contributed by atoms with van der Waals surface area (Å²) >= 11 is 0. The van der Waals surface area contributed by atoms with Gasteiger partial charge in [-0.05, 0) is 45.9 Å². The first-order valence-corrected chi connectivity index (χ1v) is 9.48. The van der Waals surface area contributed by atoms with Crippen molar-refractivity contribution in [1.82, 2.24) is 4.98 Å². The largest absolute Gasteiger partial charge is 0.373 e. The number of hydrogen-bond acceptors (Lipinski definition) is 3. The van der Waals surface area contributed by atoms with Gasteiger partial charge < -0.3 is 5.32 Å². The Morgan fingerprint density at radius 2 is 1.89 bits per heavy atom. The molecule has 0 amide bonds. The number of carbonyl (C=O) groups excluding carboxylic acids is 1. The van der Waals surface area contributed by atoms with E-state index < -0.39 is 0 Å². The van der Waals surface area contributed by atoms with E-state index in [-0.39, 0.29) is 17.2 Å². The highest BCUT2D eigenvalue weighted by Gasteiger charge is 2.40. The van der Waals surface area contributed by atoms with E-state index in [4.69, 9.17) is 0 Å². The second kappa shape index (κ2) is 5.78. The second-order valence-corrected chi connectivity index (χ2v) is 8.41. The zero-order valence-electron chi connectivity index (χ0n) is 15.6. The molecule has 2 aromatic carbocycles. The zero-order valence-corrected chi connectivity index (χ0v) is 15.6. The summed E-state index contributed by atoms with van der Waals surface area (Å²) in [4.78, 5) is 17.5. The molecule has 0 radical (unpaired) electrons. The minimum atomic E-state index is -0.133. The predicted molar refractivity (Wildman–Crippen MR) is 109 cm³/mol. The van der Waals surface area contributed by atoms with Crippen molar-refractivity contribution in [3.63, 3.8) is 0 Å². The SMILES string of the molecule is CC1(C)CC(=O)C2=C(C1)c1c(ccc3ccccc13)N[C@H]2c1cccnc1. The highest BCUT2D eigenvalue weighted by Crippen LogP contribution is 2.51. The summed E-state index contributed by atoms with van der Waals surface area (Å²) in [5.74, 6) is 0.251. The minimum absolute atomic E-state index is 0.0268. The quantitative estimate of drug-likeness (QED) is 0.623. The highest BCUT2D eigenvalue weighted by atomic mass is 16.1. The number of allylic oxidation sites excluding steroid dienone is 1. The van der Waals surface area contributed by atoms with Gasteiger partial charge in [-0.2, -0.15) is 0 Å². The van der Waals surface area contributed by atoms with Crippen LogP contribution in [0.1, 0.15) is 43.9 Å². The van der Waals surface area contributed by atoms with E-state index in [1.807, 2.05) is 18.3 Å². The van der Waals surface area contributed by atoms with Crippen LogP contribution in [0.3, 0.4) is 0 Å². The van der Waals surface area contributed by atoms with Crippen molar-refractivity contribution in [3.05, 3.63) is 77.6 Å². The number of rotatable bonds is 1. The van der Waals surface area contributed by atoms with Gasteiger partial charge in [0.1, 0.15) is 0 Å². The number of Topliss-reactive ketones (excluding diaryl/α,β-unsaturated/α-hetero) is 1. The van der Waals surface area contributed by atoms with Crippen molar-refractivity contribution < 1.29 is 4.79 Å². The Hall–Kier alpha value is -2.94. The first kappa shape index (κ1) is 16.2. The van der Waals surface area contributed by atoms with Gasteiger partial charge in [0.15, 0.2) is 5.78 Å². The molecule has 0 fully saturated rings. The molecule has 3 nitrogen and oxygen atoms in total. The van der Waals surface area contributed by atoms with Crippen LogP contribution in [0.4, 0.5) is 5.69 Å². The first-order valence-electron chi connectivity index (χ1n) is 9.48. The summed E-state index contributed by atoms with van der Waals surface area (Å²) in [7, 11) is 0. The average Bonchev–Trinajstić information content (AvgIpc) is 2.66. The van der Waals surface area contributed by atoms with E-state index in [0.29, 0.717) is 6.42 Å². The van der Waals surface area contributed by atoms with E-state index in [2.05, 4.69) is 60.5 Å². The molecule has 0 unspecified atom stereocenters. The Labute approximate surface area is 159 Å². The molecule has 0 saturated carbocycles. The number of benzene rings is 2. The molecule has 2 heterocycles. The predicted octanol–water partition coefficient (Wildman–Crippen LogP) is 5.54. The van der Waals surface area contributed by atoms with Crippen LogP contribution < -0.4 is 5.32 Å². The van der Waals surface area contributed by atoms with Gasteiger partial charge in [0, 0.05) is 35.6 Å². The fraction of sp³-hybridized carbons (Fsp3) is 0.250. The van der Waals surface area contributed by atoms with Gasteiger partial charge in [0.2, 0.25) is 0 Å². The number of ketones is 1. The molecule has 1 aliphatic carbocycles. The first-order chi connectivity index (χ1) is 13.0. The van der Waals surface area contributed by atoms with Gasteiger partial charge in [-0.15, -0.1) is 0 Å². The maximum atomic E-state index is 13.3. The molecule has 1 N–H and O–H groups in total. The fourth-order valence-corrected chi connectivity index (χ4v) is 4.63. The molecule has 1 aromatic heterocycles. The topological polar surface area (TPSA) is 42.0 Å². The van der Waals surface area contributed by atoms with Crippen molar-refractivity contribution in [2.24, 2.45) is 5.41 Å². The average molecular weight is 354 g/mol. The molecule has 3 aromatic rings. The second-order valence-electron chi connectivity index (χ2n) is 8.41. The van der Waals surface area contributed by atoms with Crippen LogP contribution in [0.2, 0.25) is 0 Å². The summed E-state index contributed by atoms with van der Waals surface area (Å²) in [6.45, 7) is 4.39. The van der Waals surface area contributed by atoms with Gasteiger partial charge in [-0.1, -0.05) is 50.2 Å². The van der Waals surface area contributed by atoms with Crippen molar-refractivity contribution >= 4 is 27.8 Å². The molecule has 2 aliphatic rings. The number of nitrogens with one attached hydrogen (secondary N) is 1. The number of nitrogens with zero attached hydrogens (tertiary/aromatic N) is 1. The van der Waals surface area contributed by atoms with Crippen molar-refractivity contribution in [1.29, 1.82) is 0 Å². The number of carbonyl (C=O) groups is 1. The van der Waals surface area contributed by atoms with Crippen molar-refractivity contribution in [3.8, 4) is 0 Å². The summed E-state index contributed by atoms with van der Waals surface area (Å²) in [6, 6.07) is 16.6. The molecular formula is C24H22N2O. The third kappa shape index (κ3) is 2.57. The van der Waals surface area contributed by atoms with E-state index in [0.717, 1.165) is 23.2 Å². The summed E-state index contributed by atoms with van der Waals surface area (Å²) < 4.78 is 0. The lowest BCUT2D eigenvalue weighted by molar-refractivity contribution is -0.118. The fourth-order valence-electron chi connectivity index (χ4n) is 4.63. The molecule has 27 heavy (non-hydrogen) atoms. The van der Waals surface area contributed by atoms with Crippen LogP contribution in [0.15, 0.2) is 66.5 Å². The van der Waals surface area contributed by atoms with Crippen molar-refractivity contribution in [2.45, 2.75) is 32.7 Å². The molecule has 134 valence electrons. The van der Waals surface area contributed by atoms with Crippen LogP contribution >= 0.6 is 0 Å². The lowest BCUT2D eigenvalue weighted by Crippen LogP contribution is -2.33. The normalized spacial score (nSPS) is 20.8. The summed E-state index contributed by atoms with van der Waals surface area (Å²) in [5, 5.41) is 6.07. The number of hydrogen-bond donors (Lipinski definition) is 1. The standard InChI is InChI=1S/C24H22N2O/c1-24(2)12-18-21-17-8-4-3-6-15(17)9-10-19(21)26-23(22(18)20(27)13-24)16-7-5-11-25-14-16/h3-11,14,23,26H,12-13H2,1-2H3/t23-/m0/s1. The molecular weight excluding hydrogens is 332 g/mol. The highest BCUT2D eigenvalue weighted by molar-refractivity contribution is 6.12. The Morgan fingerprint density at radius 1 is 1.04 bits per heavy atom. The van der Waals surface area contributed by atoms with Crippen LogP contribution in [-0.2, 0) is 4.79 Å².